The number of aryl methyl sites for hydroxylation is 2. The summed E-state index contributed by atoms with van der Waals surface area (Å²) in [5.41, 5.74) is 2.72. The van der Waals surface area contributed by atoms with E-state index in [9.17, 15) is 13.2 Å². The van der Waals surface area contributed by atoms with Crippen molar-refractivity contribution in [3.05, 3.63) is 34.9 Å². The van der Waals surface area contributed by atoms with Crippen LogP contribution in [-0.4, -0.2) is 44.6 Å². The van der Waals surface area contributed by atoms with E-state index >= 15 is 0 Å². The van der Waals surface area contributed by atoms with Crippen LogP contribution in [0.3, 0.4) is 0 Å². The molecule has 0 radical (unpaired) electrons. The fourth-order valence-corrected chi connectivity index (χ4v) is 3.34. The van der Waals surface area contributed by atoms with Crippen molar-refractivity contribution >= 4 is 15.9 Å². The van der Waals surface area contributed by atoms with Gasteiger partial charge in [0.1, 0.15) is 0 Å². The van der Waals surface area contributed by atoms with E-state index in [1.165, 1.54) is 0 Å². The van der Waals surface area contributed by atoms with Crippen LogP contribution >= 0.6 is 0 Å². The maximum absolute atomic E-state index is 12.9. The van der Waals surface area contributed by atoms with Crippen LogP contribution in [0.15, 0.2) is 18.2 Å². The maximum atomic E-state index is 12.9. The van der Waals surface area contributed by atoms with Crippen molar-refractivity contribution in [2.75, 3.05) is 19.3 Å². The number of sulfonamides is 1. The van der Waals surface area contributed by atoms with Gasteiger partial charge >= 0.3 is 0 Å². The number of piperidine rings is 1. The first-order valence-corrected chi connectivity index (χ1v) is 9.50. The third-order valence-corrected chi connectivity index (χ3v) is 4.78. The molecule has 2 rings (SSSR count). The third kappa shape index (κ3) is 4.30. The van der Waals surface area contributed by atoms with Crippen molar-refractivity contribution < 1.29 is 13.2 Å². The zero-order chi connectivity index (χ0) is 16.3. The quantitative estimate of drug-likeness (QED) is 0.919. The van der Waals surface area contributed by atoms with Crippen LogP contribution < -0.4 is 4.72 Å². The first kappa shape index (κ1) is 17.0. The molecule has 0 saturated carbocycles. The van der Waals surface area contributed by atoms with Gasteiger partial charge in [-0.15, -0.1) is 0 Å². The van der Waals surface area contributed by atoms with Gasteiger partial charge in [-0.3, -0.25) is 4.79 Å². The highest BCUT2D eigenvalue weighted by Gasteiger charge is 2.28. The van der Waals surface area contributed by atoms with Crippen LogP contribution in [0.5, 0.6) is 0 Å². The summed E-state index contributed by atoms with van der Waals surface area (Å²) in [5.74, 6) is 0.00111. The lowest BCUT2D eigenvalue weighted by Gasteiger charge is -2.36. The number of amides is 1. The average Bonchev–Trinajstić information content (AvgIpc) is 2.46. The Balaban J connectivity index is 2.19. The molecular weight excluding hydrogens is 300 g/mol. The van der Waals surface area contributed by atoms with Crippen molar-refractivity contribution in [1.29, 1.82) is 0 Å². The molecule has 1 aromatic rings. The summed E-state index contributed by atoms with van der Waals surface area (Å²) in [6.45, 7) is 4.87. The van der Waals surface area contributed by atoms with Gasteiger partial charge in [-0.05, 0) is 44.7 Å². The topological polar surface area (TPSA) is 66.5 Å². The largest absolute Gasteiger partial charge is 0.334 e. The normalized spacial score (nSPS) is 19.2. The number of benzene rings is 1. The van der Waals surface area contributed by atoms with Crippen LogP contribution in [0.25, 0.3) is 0 Å². The second-order valence-corrected chi connectivity index (χ2v) is 7.92. The molecule has 1 aliphatic heterocycles. The van der Waals surface area contributed by atoms with Crippen LogP contribution in [0, 0.1) is 13.8 Å². The fraction of sp³-hybridized carbons (Fsp3) is 0.562. The Morgan fingerprint density at radius 1 is 1.32 bits per heavy atom. The molecule has 1 amide bonds. The predicted octanol–water partition coefficient (Wildman–Crippen LogP) is 1.85. The molecule has 1 N–H and O–H groups in total. The molecule has 1 saturated heterocycles. The van der Waals surface area contributed by atoms with E-state index in [0.29, 0.717) is 12.1 Å². The molecule has 0 aliphatic carbocycles. The number of carbonyl (C=O) groups is 1. The van der Waals surface area contributed by atoms with E-state index in [0.717, 1.165) is 36.6 Å². The van der Waals surface area contributed by atoms with E-state index in [4.69, 9.17) is 0 Å². The first-order valence-electron chi connectivity index (χ1n) is 7.61. The van der Waals surface area contributed by atoms with E-state index in [2.05, 4.69) is 4.72 Å². The second kappa shape index (κ2) is 6.79. The van der Waals surface area contributed by atoms with E-state index in [-0.39, 0.29) is 18.5 Å². The average molecular weight is 324 g/mol. The molecule has 122 valence electrons. The van der Waals surface area contributed by atoms with Crippen LogP contribution in [-0.2, 0) is 10.0 Å². The predicted molar refractivity (Wildman–Crippen MR) is 87.4 cm³/mol. The summed E-state index contributed by atoms with van der Waals surface area (Å²) in [5, 5.41) is 0. The van der Waals surface area contributed by atoms with Crippen LogP contribution in [0.4, 0.5) is 0 Å². The van der Waals surface area contributed by atoms with Gasteiger partial charge in [0.15, 0.2) is 0 Å². The first-order chi connectivity index (χ1) is 10.3. The molecular formula is C16H24N2O3S. The molecule has 6 heteroatoms. The molecule has 0 aromatic heterocycles. The lowest BCUT2D eigenvalue weighted by atomic mass is 9.98. The Kier molecular flexibility index (Phi) is 5.24. The maximum Gasteiger partial charge on any atom is 0.254 e. The third-order valence-electron chi connectivity index (χ3n) is 4.09. The highest BCUT2D eigenvalue weighted by atomic mass is 32.2. The van der Waals surface area contributed by atoms with E-state index in [1.807, 2.05) is 36.9 Å². The lowest BCUT2D eigenvalue weighted by Crippen LogP contribution is -2.49. The van der Waals surface area contributed by atoms with Gasteiger partial charge in [-0.2, -0.15) is 0 Å². The van der Waals surface area contributed by atoms with Crippen LogP contribution in [0.1, 0.15) is 40.7 Å². The van der Waals surface area contributed by atoms with Crippen LogP contribution in [0.2, 0.25) is 0 Å². The molecule has 1 fully saturated rings. The standard InChI is InChI=1S/C16H24N2O3S/c1-12-7-8-13(2)15(10-12)16(19)18-9-5-4-6-14(18)11-17-22(3,20)21/h7-8,10,14,17H,4-6,9,11H2,1-3H3. The summed E-state index contributed by atoms with van der Waals surface area (Å²) in [7, 11) is -3.24. The van der Waals surface area contributed by atoms with Gasteiger partial charge in [0.05, 0.1) is 6.26 Å². The molecule has 0 bridgehead atoms. The Bertz CT molecular complexity index is 655. The van der Waals surface area contributed by atoms with Gasteiger partial charge in [0, 0.05) is 24.7 Å². The number of hydrogen-bond acceptors (Lipinski definition) is 3. The summed E-state index contributed by atoms with van der Waals surface area (Å²) < 4.78 is 25.1. The number of rotatable bonds is 4. The van der Waals surface area contributed by atoms with E-state index < -0.39 is 10.0 Å². The molecule has 1 heterocycles. The summed E-state index contributed by atoms with van der Waals surface area (Å²) >= 11 is 0. The zero-order valence-electron chi connectivity index (χ0n) is 13.4. The van der Waals surface area contributed by atoms with Crippen molar-refractivity contribution in [3.8, 4) is 0 Å². The highest BCUT2D eigenvalue weighted by Crippen LogP contribution is 2.21. The van der Waals surface area contributed by atoms with Gasteiger partial charge in [-0.25, -0.2) is 13.1 Å². The molecule has 1 aliphatic rings. The second-order valence-electron chi connectivity index (χ2n) is 6.09. The minimum absolute atomic E-state index is 0.00111. The number of hydrogen-bond donors (Lipinski definition) is 1. The summed E-state index contributed by atoms with van der Waals surface area (Å²) in [4.78, 5) is 14.7. The number of carbonyl (C=O) groups excluding carboxylic acids is 1. The molecule has 22 heavy (non-hydrogen) atoms. The zero-order valence-corrected chi connectivity index (χ0v) is 14.2. The minimum atomic E-state index is -3.24. The van der Waals surface area contributed by atoms with Crippen molar-refractivity contribution in [1.82, 2.24) is 9.62 Å². The highest BCUT2D eigenvalue weighted by molar-refractivity contribution is 7.88. The molecule has 1 aromatic carbocycles. The summed E-state index contributed by atoms with van der Waals surface area (Å²) in [6, 6.07) is 5.78. The smallest absolute Gasteiger partial charge is 0.254 e. The monoisotopic (exact) mass is 324 g/mol. The van der Waals surface area contributed by atoms with Gasteiger partial charge in [0.2, 0.25) is 10.0 Å². The Hall–Kier alpha value is -1.40. The van der Waals surface area contributed by atoms with Crippen molar-refractivity contribution in [3.63, 3.8) is 0 Å². The number of nitrogens with one attached hydrogen (secondary N) is 1. The molecule has 5 nitrogen and oxygen atoms in total. The number of nitrogens with zero attached hydrogens (tertiary/aromatic N) is 1. The van der Waals surface area contributed by atoms with Gasteiger partial charge < -0.3 is 4.90 Å². The van der Waals surface area contributed by atoms with Gasteiger partial charge in [0.25, 0.3) is 5.91 Å². The summed E-state index contributed by atoms with van der Waals surface area (Å²) in [6.07, 6.45) is 3.96. The minimum Gasteiger partial charge on any atom is -0.334 e. The number of likely N-dealkylation sites (tertiary alicyclic amines) is 1. The van der Waals surface area contributed by atoms with E-state index in [1.54, 1.807) is 0 Å². The Morgan fingerprint density at radius 2 is 2.05 bits per heavy atom. The van der Waals surface area contributed by atoms with Crippen molar-refractivity contribution in [2.24, 2.45) is 0 Å². The van der Waals surface area contributed by atoms with Gasteiger partial charge in [-0.1, -0.05) is 17.7 Å². The van der Waals surface area contributed by atoms with Crippen molar-refractivity contribution in [2.45, 2.75) is 39.2 Å². The lowest BCUT2D eigenvalue weighted by molar-refractivity contribution is 0.0618. The SMILES string of the molecule is Cc1ccc(C)c(C(=O)N2CCCCC2CNS(C)(=O)=O)c1. The molecule has 1 atom stereocenters. The molecule has 0 spiro atoms. The Labute approximate surface area is 132 Å². The molecule has 1 unspecified atom stereocenters. The Morgan fingerprint density at radius 3 is 2.73 bits per heavy atom. The fourth-order valence-electron chi connectivity index (χ4n) is 2.85.